The summed E-state index contributed by atoms with van der Waals surface area (Å²) in [7, 11) is 0. The van der Waals surface area contributed by atoms with E-state index < -0.39 is 11.6 Å². The number of hydrazine groups is 1. The van der Waals surface area contributed by atoms with Gasteiger partial charge in [-0.05, 0) is 38.5 Å². The maximum absolute atomic E-state index is 10.9. The van der Waals surface area contributed by atoms with Gasteiger partial charge in [0.25, 0.3) is 0 Å². The van der Waals surface area contributed by atoms with Crippen molar-refractivity contribution in [3.63, 3.8) is 0 Å². The Balaban J connectivity index is 2.65. The summed E-state index contributed by atoms with van der Waals surface area (Å²) in [5, 5.41) is 21.1. The summed E-state index contributed by atoms with van der Waals surface area (Å²) in [4.78, 5) is 10.9. The van der Waals surface area contributed by atoms with Crippen LogP contribution in [0.15, 0.2) is 24.3 Å². The van der Waals surface area contributed by atoms with Crippen LogP contribution in [0.4, 0.5) is 4.79 Å². The quantitative estimate of drug-likeness (QED) is 0.764. The lowest BCUT2D eigenvalue weighted by Crippen LogP contribution is -2.58. The van der Waals surface area contributed by atoms with E-state index in [4.69, 9.17) is 5.11 Å². The van der Waals surface area contributed by atoms with Crippen molar-refractivity contribution < 1.29 is 15.0 Å². The molecule has 5 nitrogen and oxygen atoms in total. The van der Waals surface area contributed by atoms with Gasteiger partial charge in [-0.3, -0.25) is 5.01 Å². The molecule has 1 amide bonds. The topological polar surface area (TPSA) is 75.6 Å². The molecule has 5 heteroatoms. The number of hydrogen-bond donors (Lipinski definition) is 2. The van der Waals surface area contributed by atoms with E-state index in [1.54, 1.807) is 45.0 Å². The maximum Gasteiger partial charge on any atom is 0.152 e. The summed E-state index contributed by atoms with van der Waals surface area (Å²) < 4.78 is 0. The van der Waals surface area contributed by atoms with E-state index >= 15 is 0 Å². The van der Waals surface area contributed by atoms with Crippen LogP contribution in [-0.2, 0) is 6.54 Å². The number of amides is 1. The summed E-state index contributed by atoms with van der Waals surface area (Å²) in [5.41, 5.74) is 3.08. The number of rotatable bonds is 3. The highest BCUT2D eigenvalue weighted by molar-refractivity contribution is 5.62. The van der Waals surface area contributed by atoms with Crippen LogP contribution in [0.5, 0.6) is 5.75 Å². The van der Waals surface area contributed by atoms with Gasteiger partial charge >= 0.3 is 0 Å². The second-order valence-electron chi connectivity index (χ2n) is 4.77. The standard InChI is InChI=1S/C12H18N2O3/c1-12(2,3)14(11(16)17)13-8-9-4-6-10(15)7-5-9/h4-7,13,15H,8H2,1-3H3,(H,16,17)/p-1. The van der Waals surface area contributed by atoms with Crippen molar-refractivity contribution in [1.82, 2.24) is 10.4 Å². The lowest BCUT2D eigenvalue weighted by Gasteiger charge is -2.37. The van der Waals surface area contributed by atoms with Gasteiger partial charge in [0.05, 0.1) is 0 Å². The summed E-state index contributed by atoms with van der Waals surface area (Å²) in [6.45, 7) is 5.66. The number of carbonyl (C=O) groups is 1. The lowest BCUT2D eigenvalue weighted by atomic mass is 10.1. The lowest BCUT2D eigenvalue weighted by molar-refractivity contribution is -0.275. The Morgan fingerprint density at radius 2 is 1.88 bits per heavy atom. The van der Waals surface area contributed by atoms with Gasteiger partial charge in [0.15, 0.2) is 6.09 Å². The Morgan fingerprint density at radius 3 is 2.29 bits per heavy atom. The van der Waals surface area contributed by atoms with E-state index in [0.29, 0.717) is 6.54 Å². The molecule has 2 N–H and O–H groups in total. The number of phenols is 1. The molecular formula is C12H17N2O3-. The second kappa shape index (κ2) is 5.05. The number of nitrogens with one attached hydrogen (secondary N) is 1. The zero-order valence-corrected chi connectivity index (χ0v) is 10.2. The first-order valence-electron chi connectivity index (χ1n) is 5.33. The minimum Gasteiger partial charge on any atom is -0.529 e. The molecule has 94 valence electrons. The molecule has 0 saturated heterocycles. The first-order chi connectivity index (χ1) is 7.80. The fourth-order valence-electron chi connectivity index (χ4n) is 1.36. The van der Waals surface area contributed by atoms with Gasteiger partial charge in [-0.15, -0.1) is 0 Å². The van der Waals surface area contributed by atoms with Crippen LogP contribution in [0, 0.1) is 0 Å². The molecule has 0 unspecified atom stereocenters. The Morgan fingerprint density at radius 1 is 1.35 bits per heavy atom. The van der Waals surface area contributed by atoms with Crippen molar-refractivity contribution in [1.29, 1.82) is 0 Å². The molecule has 0 saturated carbocycles. The van der Waals surface area contributed by atoms with Crippen molar-refractivity contribution >= 4 is 6.09 Å². The zero-order valence-electron chi connectivity index (χ0n) is 10.2. The molecular weight excluding hydrogens is 220 g/mol. The van der Waals surface area contributed by atoms with Gasteiger partial charge in [-0.1, -0.05) is 12.1 Å². The smallest absolute Gasteiger partial charge is 0.152 e. The highest BCUT2D eigenvalue weighted by Crippen LogP contribution is 2.12. The molecule has 0 atom stereocenters. The molecule has 1 aromatic rings. The van der Waals surface area contributed by atoms with Crippen LogP contribution in [0.1, 0.15) is 26.3 Å². The third kappa shape index (κ3) is 3.96. The highest BCUT2D eigenvalue weighted by atomic mass is 16.4. The molecule has 0 radical (unpaired) electrons. The van der Waals surface area contributed by atoms with Crippen LogP contribution in [0.3, 0.4) is 0 Å². The van der Waals surface area contributed by atoms with E-state index in [0.717, 1.165) is 10.6 Å². The monoisotopic (exact) mass is 237 g/mol. The Hall–Kier alpha value is -1.75. The Kier molecular flexibility index (Phi) is 3.96. The molecule has 1 rings (SSSR count). The second-order valence-corrected chi connectivity index (χ2v) is 4.77. The summed E-state index contributed by atoms with van der Waals surface area (Å²) >= 11 is 0. The van der Waals surface area contributed by atoms with Gasteiger partial charge in [-0.25, -0.2) is 5.43 Å². The van der Waals surface area contributed by atoms with Crippen LogP contribution in [0.2, 0.25) is 0 Å². The minimum absolute atomic E-state index is 0.182. The summed E-state index contributed by atoms with van der Waals surface area (Å²) in [5.74, 6) is 0.182. The summed E-state index contributed by atoms with van der Waals surface area (Å²) in [6.07, 6.45) is -1.27. The first-order valence-corrected chi connectivity index (χ1v) is 5.33. The molecule has 0 aliphatic heterocycles. The minimum atomic E-state index is -1.27. The number of aromatic hydroxyl groups is 1. The molecule has 0 fully saturated rings. The van der Waals surface area contributed by atoms with Gasteiger partial charge in [-0.2, -0.15) is 0 Å². The molecule has 0 spiro atoms. The van der Waals surface area contributed by atoms with Crippen molar-refractivity contribution in [3.05, 3.63) is 29.8 Å². The highest BCUT2D eigenvalue weighted by Gasteiger charge is 2.20. The molecule has 0 bridgehead atoms. The predicted octanol–water partition coefficient (Wildman–Crippen LogP) is 0.841. The van der Waals surface area contributed by atoms with Crippen LogP contribution >= 0.6 is 0 Å². The number of benzene rings is 1. The van der Waals surface area contributed by atoms with Crippen molar-refractivity contribution in [2.45, 2.75) is 32.9 Å². The Labute approximate surface area is 101 Å². The van der Waals surface area contributed by atoms with Crippen LogP contribution < -0.4 is 10.5 Å². The fraction of sp³-hybridized carbons (Fsp3) is 0.417. The predicted molar refractivity (Wildman–Crippen MR) is 61.9 cm³/mol. The molecule has 0 aliphatic carbocycles. The molecule has 0 heterocycles. The largest absolute Gasteiger partial charge is 0.529 e. The molecule has 0 aliphatic rings. The van der Waals surface area contributed by atoms with Crippen LogP contribution in [0.25, 0.3) is 0 Å². The van der Waals surface area contributed by atoms with Gasteiger partial charge in [0.2, 0.25) is 0 Å². The number of carboxylic acid groups (broad SMARTS) is 1. The van der Waals surface area contributed by atoms with E-state index in [2.05, 4.69) is 5.43 Å². The van der Waals surface area contributed by atoms with Crippen molar-refractivity contribution in [3.8, 4) is 5.75 Å². The van der Waals surface area contributed by atoms with E-state index in [-0.39, 0.29) is 5.75 Å². The average molecular weight is 237 g/mol. The third-order valence-corrected chi connectivity index (χ3v) is 2.23. The number of carbonyl (C=O) groups excluding carboxylic acids is 1. The maximum atomic E-state index is 10.9. The Bertz CT molecular complexity index is 382. The number of hydrogen-bond acceptors (Lipinski definition) is 4. The summed E-state index contributed by atoms with van der Waals surface area (Å²) in [6, 6.07) is 6.55. The van der Waals surface area contributed by atoms with E-state index in [1.165, 1.54) is 0 Å². The third-order valence-electron chi connectivity index (χ3n) is 2.23. The van der Waals surface area contributed by atoms with Crippen molar-refractivity contribution in [2.75, 3.05) is 0 Å². The normalized spacial score (nSPS) is 11.2. The van der Waals surface area contributed by atoms with Gasteiger partial charge in [0, 0.05) is 12.1 Å². The van der Waals surface area contributed by atoms with Gasteiger partial charge in [0.1, 0.15) is 5.75 Å². The zero-order chi connectivity index (χ0) is 13.1. The molecule has 1 aromatic carbocycles. The van der Waals surface area contributed by atoms with E-state index in [1.807, 2.05) is 0 Å². The number of phenolic OH excluding ortho intramolecular Hbond substituents is 1. The van der Waals surface area contributed by atoms with Crippen LogP contribution in [-0.4, -0.2) is 21.7 Å². The van der Waals surface area contributed by atoms with Crippen molar-refractivity contribution in [2.24, 2.45) is 0 Å². The first kappa shape index (κ1) is 13.3. The molecule has 0 aromatic heterocycles. The number of nitrogens with zero attached hydrogens (tertiary/aromatic N) is 1. The SMILES string of the molecule is CC(C)(C)N(NCc1ccc(O)cc1)C(=O)[O-]. The van der Waals surface area contributed by atoms with E-state index in [9.17, 15) is 9.90 Å². The average Bonchev–Trinajstić information content (AvgIpc) is 2.18. The molecule has 17 heavy (non-hydrogen) atoms. The van der Waals surface area contributed by atoms with Gasteiger partial charge < -0.3 is 15.0 Å². The fourth-order valence-corrected chi connectivity index (χ4v) is 1.36.